The molecular formula is C38H28Cl2FN3O5. The predicted molar refractivity (Wildman–Crippen MR) is 183 cm³/mol. The van der Waals surface area contributed by atoms with Gasteiger partial charge in [0, 0.05) is 22.9 Å². The van der Waals surface area contributed by atoms with Gasteiger partial charge in [0.25, 0.3) is 11.8 Å². The van der Waals surface area contributed by atoms with Gasteiger partial charge in [0.05, 0.1) is 23.2 Å². The van der Waals surface area contributed by atoms with Crippen molar-refractivity contribution in [3.05, 3.63) is 126 Å². The lowest BCUT2D eigenvalue weighted by Gasteiger charge is -2.50. The Balaban J connectivity index is 1.20. The van der Waals surface area contributed by atoms with Crippen molar-refractivity contribution in [3.8, 4) is 5.75 Å². The van der Waals surface area contributed by atoms with E-state index < -0.39 is 57.0 Å². The van der Waals surface area contributed by atoms with Crippen LogP contribution in [0.4, 0.5) is 27.1 Å². The Morgan fingerprint density at radius 3 is 2.02 bits per heavy atom. The molecule has 2 aliphatic heterocycles. The molecule has 8 rings (SSSR count). The van der Waals surface area contributed by atoms with Crippen LogP contribution in [-0.4, -0.2) is 38.5 Å². The van der Waals surface area contributed by atoms with E-state index in [0.29, 0.717) is 11.3 Å². The number of fused-ring (bicyclic) bond motifs is 4. The van der Waals surface area contributed by atoms with Gasteiger partial charge in [-0.3, -0.25) is 24.1 Å². The first kappa shape index (κ1) is 31.3. The summed E-state index contributed by atoms with van der Waals surface area (Å²) in [6.45, 7) is 0. The first-order chi connectivity index (χ1) is 23.5. The van der Waals surface area contributed by atoms with E-state index in [9.17, 15) is 28.7 Å². The van der Waals surface area contributed by atoms with Crippen LogP contribution >= 0.6 is 23.2 Å². The SMILES string of the molecule is O=C1[C@H]2[C@H](CC=C3[C@H]2C[C@@]2(Cl)C(=O)N(c4ccc(F)cc4)C(=O)[C@@]2(Cl)[C@H]3c2ccccc2O)C(=O)N1c1ccc(Nc2ccccc2)cc1. The van der Waals surface area contributed by atoms with Crippen molar-refractivity contribution in [3.63, 3.8) is 0 Å². The van der Waals surface area contributed by atoms with Gasteiger partial charge in [-0.05, 0) is 85.5 Å². The van der Waals surface area contributed by atoms with Crippen LogP contribution in [0, 0.1) is 23.6 Å². The van der Waals surface area contributed by atoms with E-state index in [-0.39, 0.29) is 35.7 Å². The van der Waals surface area contributed by atoms with Crippen molar-refractivity contribution in [2.75, 3.05) is 15.1 Å². The number of carbonyl (C=O) groups excluding carboxylic acids is 4. The number of hydrogen-bond donors (Lipinski definition) is 2. The minimum Gasteiger partial charge on any atom is -0.508 e. The molecule has 1 saturated carbocycles. The van der Waals surface area contributed by atoms with Crippen molar-refractivity contribution >= 4 is 69.6 Å². The number of benzene rings is 4. The Labute approximate surface area is 290 Å². The van der Waals surface area contributed by atoms with E-state index in [0.717, 1.165) is 28.4 Å². The molecule has 4 aliphatic rings. The lowest BCUT2D eigenvalue weighted by atomic mass is 9.56. The van der Waals surface area contributed by atoms with E-state index in [4.69, 9.17) is 23.2 Å². The van der Waals surface area contributed by atoms with Crippen LogP contribution in [-0.2, 0) is 19.2 Å². The summed E-state index contributed by atoms with van der Waals surface area (Å²) in [6.07, 6.45) is 1.77. The number of nitrogens with zero attached hydrogens (tertiary/aromatic N) is 2. The summed E-state index contributed by atoms with van der Waals surface area (Å²) in [5.74, 6) is -6.73. The summed E-state index contributed by atoms with van der Waals surface area (Å²) in [4.78, 5) is 54.9. The van der Waals surface area contributed by atoms with E-state index in [2.05, 4.69) is 5.32 Å². The van der Waals surface area contributed by atoms with Crippen molar-refractivity contribution in [1.82, 2.24) is 0 Å². The van der Waals surface area contributed by atoms with Crippen molar-refractivity contribution < 1.29 is 28.7 Å². The second-order valence-electron chi connectivity index (χ2n) is 12.9. The van der Waals surface area contributed by atoms with E-state index in [1.54, 1.807) is 42.5 Å². The van der Waals surface area contributed by atoms with Crippen LogP contribution in [0.15, 0.2) is 115 Å². The molecule has 246 valence electrons. The number of phenols is 1. The molecule has 49 heavy (non-hydrogen) atoms. The topological polar surface area (TPSA) is 107 Å². The number of hydrogen-bond acceptors (Lipinski definition) is 6. The maximum Gasteiger partial charge on any atom is 0.258 e. The summed E-state index contributed by atoms with van der Waals surface area (Å²) in [6, 6.07) is 27.7. The minimum absolute atomic E-state index is 0.0835. The van der Waals surface area contributed by atoms with Gasteiger partial charge in [-0.25, -0.2) is 9.29 Å². The summed E-state index contributed by atoms with van der Waals surface area (Å²) in [5, 5.41) is 14.4. The van der Waals surface area contributed by atoms with E-state index in [1.807, 2.05) is 36.4 Å². The number of aromatic hydroxyl groups is 1. The maximum atomic E-state index is 14.4. The van der Waals surface area contributed by atoms with Gasteiger partial charge in [0.2, 0.25) is 11.8 Å². The maximum absolute atomic E-state index is 14.4. The quantitative estimate of drug-likeness (QED) is 0.132. The predicted octanol–water partition coefficient (Wildman–Crippen LogP) is 7.04. The number of carbonyl (C=O) groups is 4. The van der Waals surface area contributed by atoms with Crippen LogP contribution in [0.2, 0.25) is 0 Å². The summed E-state index contributed by atoms with van der Waals surface area (Å²) in [5.41, 5.74) is 2.95. The molecule has 0 spiro atoms. The molecule has 8 nitrogen and oxygen atoms in total. The number of imide groups is 2. The molecule has 6 atom stereocenters. The average molecular weight is 697 g/mol. The highest BCUT2D eigenvalue weighted by atomic mass is 35.5. The number of anilines is 4. The Hall–Kier alpha value is -4.99. The molecule has 0 unspecified atom stereocenters. The Morgan fingerprint density at radius 1 is 0.714 bits per heavy atom. The number of allylic oxidation sites excluding steroid dienone is 2. The van der Waals surface area contributed by atoms with Gasteiger partial charge in [0.1, 0.15) is 11.6 Å². The smallest absolute Gasteiger partial charge is 0.258 e. The number of alkyl halides is 2. The van der Waals surface area contributed by atoms with Crippen LogP contribution in [0.1, 0.15) is 24.3 Å². The van der Waals surface area contributed by atoms with Crippen molar-refractivity contribution in [1.29, 1.82) is 0 Å². The van der Waals surface area contributed by atoms with Crippen molar-refractivity contribution in [2.45, 2.75) is 28.5 Å². The molecule has 2 saturated heterocycles. The van der Waals surface area contributed by atoms with Crippen LogP contribution in [0.25, 0.3) is 0 Å². The van der Waals surface area contributed by atoms with E-state index >= 15 is 0 Å². The van der Waals surface area contributed by atoms with Crippen LogP contribution in [0.5, 0.6) is 5.75 Å². The molecule has 4 aromatic carbocycles. The molecule has 2 aliphatic carbocycles. The molecule has 4 aromatic rings. The van der Waals surface area contributed by atoms with Crippen molar-refractivity contribution in [2.24, 2.45) is 17.8 Å². The highest BCUT2D eigenvalue weighted by Gasteiger charge is 2.76. The molecule has 0 aromatic heterocycles. The molecular weight excluding hydrogens is 668 g/mol. The first-order valence-corrected chi connectivity index (χ1v) is 16.6. The number of nitrogens with one attached hydrogen (secondary N) is 1. The molecule has 0 radical (unpaired) electrons. The number of para-hydroxylation sites is 2. The fourth-order valence-electron chi connectivity index (χ4n) is 8.11. The third-order valence-corrected chi connectivity index (χ3v) is 11.7. The second-order valence-corrected chi connectivity index (χ2v) is 14.1. The zero-order valence-corrected chi connectivity index (χ0v) is 27.2. The summed E-state index contributed by atoms with van der Waals surface area (Å²) >= 11 is 14.7. The minimum atomic E-state index is -2.12. The van der Waals surface area contributed by atoms with E-state index in [1.165, 1.54) is 23.1 Å². The molecule has 4 amide bonds. The fraction of sp³-hybridized carbons (Fsp3) is 0.211. The molecule has 0 bridgehead atoms. The lowest BCUT2D eigenvalue weighted by Crippen LogP contribution is -2.60. The summed E-state index contributed by atoms with van der Waals surface area (Å²) in [7, 11) is 0. The Kier molecular flexibility index (Phi) is 7.21. The largest absolute Gasteiger partial charge is 0.508 e. The highest BCUT2D eigenvalue weighted by molar-refractivity contribution is 6.58. The number of phenolic OH excluding ortho intramolecular Hbond substituents is 1. The molecule has 3 fully saturated rings. The highest BCUT2D eigenvalue weighted by Crippen LogP contribution is 2.66. The number of rotatable bonds is 5. The fourth-order valence-corrected chi connectivity index (χ4v) is 9.04. The molecule has 11 heteroatoms. The summed E-state index contributed by atoms with van der Waals surface area (Å²) < 4.78 is 13.9. The van der Waals surface area contributed by atoms with Gasteiger partial charge in [-0.2, -0.15) is 0 Å². The second kappa shape index (κ2) is 11.3. The number of amides is 4. The van der Waals surface area contributed by atoms with Gasteiger partial charge in [-0.1, -0.05) is 48.0 Å². The van der Waals surface area contributed by atoms with Crippen LogP contribution in [0.3, 0.4) is 0 Å². The van der Waals surface area contributed by atoms with Gasteiger partial charge >= 0.3 is 0 Å². The zero-order valence-electron chi connectivity index (χ0n) is 25.7. The number of halogens is 3. The average Bonchev–Trinajstić information content (AvgIpc) is 3.44. The lowest BCUT2D eigenvalue weighted by molar-refractivity contribution is -0.125. The molecule has 2 heterocycles. The third-order valence-electron chi connectivity index (χ3n) is 10.3. The Bertz CT molecular complexity index is 2080. The first-order valence-electron chi connectivity index (χ1n) is 15.8. The van der Waals surface area contributed by atoms with Gasteiger partial charge in [-0.15, -0.1) is 23.2 Å². The third kappa shape index (κ3) is 4.48. The van der Waals surface area contributed by atoms with Gasteiger partial charge < -0.3 is 10.4 Å². The Morgan fingerprint density at radius 2 is 1.33 bits per heavy atom. The standard InChI is InChI=1S/C38H28Cl2FN3O5/c39-37-20-29-26(18-19-28-31(29)34(47)43(33(28)46)24-16-12-23(13-17-24)42-22-6-2-1-3-7-22)32(27-8-4-5-9-30(27)45)38(37,40)36(49)44(35(37)48)25-14-10-21(41)11-15-25/h1-18,28-29,31-32,42,45H,19-20H2/t28-,29+,31-,32+,37+,38-/m0/s1. The van der Waals surface area contributed by atoms with Crippen LogP contribution < -0.4 is 15.1 Å². The normalized spacial score (nSPS) is 29.0. The van der Waals surface area contributed by atoms with Gasteiger partial charge in [0.15, 0.2) is 9.75 Å². The zero-order chi connectivity index (χ0) is 34.2. The molecule has 2 N–H and O–H groups in total. The monoisotopic (exact) mass is 695 g/mol.